The van der Waals surface area contributed by atoms with E-state index in [2.05, 4.69) is 0 Å². The molecule has 134 valence electrons. The van der Waals surface area contributed by atoms with Crippen LogP contribution in [-0.2, 0) is 21.2 Å². The number of piperidine rings is 1. The molecule has 1 aromatic carbocycles. The van der Waals surface area contributed by atoms with Crippen LogP contribution in [0.2, 0.25) is 5.02 Å². The van der Waals surface area contributed by atoms with Crippen molar-refractivity contribution in [3.63, 3.8) is 0 Å². The van der Waals surface area contributed by atoms with Gasteiger partial charge in [0.25, 0.3) is 0 Å². The highest BCUT2D eigenvalue weighted by atomic mass is 35.5. The van der Waals surface area contributed by atoms with Gasteiger partial charge in [-0.25, -0.2) is 12.8 Å². The van der Waals surface area contributed by atoms with Gasteiger partial charge in [0.2, 0.25) is 15.9 Å². The van der Waals surface area contributed by atoms with Crippen LogP contribution < -0.4 is 0 Å². The lowest BCUT2D eigenvalue weighted by Crippen LogP contribution is -2.48. The molecular formula is C16H22ClFN2O3S. The van der Waals surface area contributed by atoms with E-state index in [-0.39, 0.29) is 31.7 Å². The monoisotopic (exact) mass is 376 g/mol. The van der Waals surface area contributed by atoms with Gasteiger partial charge in [0.05, 0.1) is 12.8 Å². The smallest absolute Gasteiger partial charge is 0.237 e. The molecule has 0 spiro atoms. The van der Waals surface area contributed by atoms with Crippen LogP contribution in [0, 0.1) is 0 Å². The molecule has 1 fully saturated rings. The zero-order chi connectivity index (χ0) is 18.0. The van der Waals surface area contributed by atoms with Crippen molar-refractivity contribution in [3.05, 3.63) is 34.9 Å². The van der Waals surface area contributed by atoms with Gasteiger partial charge in [0, 0.05) is 31.6 Å². The second kappa shape index (κ2) is 7.37. The fourth-order valence-electron chi connectivity index (χ4n) is 2.71. The number of alkyl halides is 1. The van der Waals surface area contributed by atoms with Crippen molar-refractivity contribution in [1.82, 2.24) is 9.21 Å². The number of halogens is 2. The van der Waals surface area contributed by atoms with E-state index >= 15 is 0 Å². The van der Waals surface area contributed by atoms with Crippen molar-refractivity contribution in [3.8, 4) is 0 Å². The Kier molecular flexibility index (Phi) is 5.88. The van der Waals surface area contributed by atoms with Gasteiger partial charge in [-0.1, -0.05) is 23.7 Å². The van der Waals surface area contributed by atoms with E-state index in [4.69, 9.17) is 11.6 Å². The third-order valence-corrected chi connectivity index (χ3v) is 5.88. The summed E-state index contributed by atoms with van der Waals surface area (Å²) in [7, 11) is -2.04. The Morgan fingerprint density at radius 1 is 1.29 bits per heavy atom. The lowest BCUT2D eigenvalue weighted by Gasteiger charge is -2.37. The van der Waals surface area contributed by atoms with Crippen molar-refractivity contribution >= 4 is 27.5 Å². The van der Waals surface area contributed by atoms with Gasteiger partial charge in [0.1, 0.15) is 5.67 Å². The number of benzene rings is 1. The summed E-state index contributed by atoms with van der Waals surface area (Å²) in [6, 6.07) is 7.09. The van der Waals surface area contributed by atoms with Gasteiger partial charge in [-0.2, -0.15) is 4.31 Å². The second-order valence-electron chi connectivity index (χ2n) is 6.35. The molecule has 1 aliphatic heterocycles. The predicted octanol–water partition coefficient (Wildman–Crippen LogP) is 2.10. The van der Waals surface area contributed by atoms with Crippen LogP contribution in [0.15, 0.2) is 24.3 Å². The first-order valence-electron chi connectivity index (χ1n) is 7.71. The molecule has 0 radical (unpaired) electrons. The Morgan fingerprint density at radius 3 is 2.33 bits per heavy atom. The van der Waals surface area contributed by atoms with Crippen molar-refractivity contribution in [2.75, 3.05) is 32.9 Å². The molecule has 0 unspecified atom stereocenters. The SMILES string of the molecule is CN(CC(=O)N1CCC(F)(Cc2ccc(Cl)cc2)CC1)S(C)(=O)=O. The van der Waals surface area contributed by atoms with Crippen molar-refractivity contribution in [2.24, 2.45) is 0 Å². The summed E-state index contributed by atoms with van der Waals surface area (Å²) in [5.74, 6) is -0.295. The van der Waals surface area contributed by atoms with Crippen LogP contribution in [-0.4, -0.2) is 62.1 Å². The summed E-state index contributed by atoms with van der Waals surface area (Å²) in [6.07, 6.45) is 1.82. The number of nitrogens with zero attached hydrogens (tertiary/aromatic N) is 2. The zero-order valence-corrected chi connectivity index (χ0v) is 15.4. The molecule has 0 bridgehead atoms. The largest absolute Gasteiger partial charge is 0.341 e. The highest BCUT2D eigenvalue weighted by molar-refractivity contribution is 7.88. The van der Waals surface area contributed by atoms with Crippen LogP contribution >= 0.6 is 11.6 Å². The lowest BCUT2D eigenvalue weighted by molar-refractivity contribution is -0.133. The predicted molar refractivity (Wildman–Crippen MR) is 92.3 cm³/mol. The topological polar surface area (TPSA) is 57.7 Å². The molecule has 0 saturated carbocycles. The maximum Gasteiger partial charge on any atom is 0.237 e. The minimum Gasteiger partial charge on any atom is -0.341 e. The fourth-order valence-corrected chi connectivity index (χ4v) is 3.18. The number of likely N-dealkylation sites (tertiary alicyclic amines) is 1. The molecule has 1 heterocycles. The molecule has 0 aliphatic carbocycles. The number of hydrogen-bond donors (Lipinski definition) is 0. The van der Waals surface area contributed by atoms with Crippen molar-refractivity contribution in [1.29, 1.82) is 0 Å². The number of sulfonamides is 1. The van der Waals surface area contributed by atoms with Gasteiger partial charge < -0.3 is 4.90 Å². The summed E-state index contributed by atoms with van der Waals surface area (Å²) in [4.78, 5) is 13.7. The maximum atomic E-state index is 15.0. The van der Waals surface area contributed by atoms with E-state index in [1.807, 2.05) is 12.1 Å². The van der Waals surface area contributed by atoms with Crippen LogP contribution in [0.5, 0.6) is 0 Å². The Bertz CT molecular complexity index is 686. The quantitative estimate of drug-likeness (QED) is 0.790. The first-order valence-corrected chi connectivity index (χ1v) is 9.94. The van der Waals surface area contributed by atoms with Gasteiger partial charge in [-0.05, 0) is 30.5 Å². The summed E-state index contributed by atoms with van der Waals surface area (Å²) in [5, 5.41) is 0.613. The molecule has 1 saturated heterocycles. The number of carbonyl (C=O) groups excluding carboxylic acids is 1. The van der Waals surface area contributed by atoms with E-state index < -0.39 is 15.7 Å². The Labute approximate surface area is 147 Å². The average molecular weight is 377 g/mol. The molecule has 0 aromatic heterocycles. The van der Waals surface area contributed by atoms with Crippen molar-refractivity contribution in [2.45, 2.75) is 24.9 Å². The van der Waals surface area contributed by atoms with Crippen LogP contribution in [0.25, 0.3) is 0 Å². The summed E-state index contributed by atoms with van der Waals surface area (Å²) >= 11 is 5.83. The minimum atomic E-state index is -3.40. The number of hydrogen-bond acceptors (Lipinski definition) is 3. The molecule has 1 aliphatic rings. The first kappa shape index (κ1) is 19.1. The van der Waals surface area contributed by atoms with E-state index in [0.717, 1.165) is 16.1 Å². The normalized spacial score (nSPS) is 18.0. The molecule has 5 nitrogen and oxygen atoms in total. The van der Waals surface area contributed by atoms with Gasteiger partial charge in [-0.3, -0.25) is 4.79 Å². The second-order valence-corrected chi connectivity index (χ2v) is 8.88. The number of amides is 1. The average Bonchev–Trinajstić information content (AvgIpc) is 2.49. The standard InChI is InChI=1S/C16H22ClFN2O3S/c1-19(24(2,22)23)12-15(21)20-9-7-16(18,8-10-20)11-13-3-5-14(17)6-4-13/h3-6H,7-12H2,1-2H3. The van der Waals surface area contributed by atoms with E-state index in [0.29, 0.717) is 18.1 Å². The molecule has 1 amide bonds. The Morgan fingerprint density at radius 2 is 1.83 bits per heavy atom. The molecule has 0 atom stereocenters. The molecular weight excluding hydrogens is 355 g/mol. The zero-order valence-electron chi connectivity index (χ0n) is 13.8. The van der Waals surface area contributed by atoms with Crippen LogP contribution in [0.3, 0.4) is 0 Å². The first-order chi connectivity index (χ1) is 11.1. The summed E-state index contributed by atoms with van der Waals surface area (Å²) in [5.41, 5.74) is -0.480. The molecule has 0 N–H and O–H groups in total. The fraction of sp³-hybridized carbons (Fsp3) is 0.562. The molecule has 1 aromatic rings. The third kappa shape index (κ3) is 5.16. The highest BCUT2D eigenvalue weighted by Gasteiger charge is 2.36. The van der Waals surface area contributed by atoms with Crippen molar-refractivity contribution < 1.29 is 17.6 Å². The summed E-state index contributed by atoms with van der Waals surface area (Å²) in [6.45, 7) is 0.371. The van der Waals surface area contributed by atoms with E-state index in [1.54, 1.807) is 12.1 Å². The molecule has 24 heavy (non-hydrogen) atoms. The molecule has 2 rings (SSSR count). The highest BCUT2D eigenvalue weighted by Crippen LogP contribution is 2.31. The number of carbonyl (C=O) groups is 1. The number of likely N-dealkylation sites (N-methyl/N-ethyl adjacent to an activating group) is 1. The van der Waals surface area contributed by atoms with Gasteiger partial charge in [0.15, 0.2) is 0 Å². The lowest BCUT2D eigenvalue weighted by atomic mass is 9.87. The van der Waals surface area contributed by atoms with Crippen LogP contribution in [0.4, 0.5) is 4.39 Å². The van der Waals surface area contributed by atoms with E-state index in [1.165, 1.54) is 11.9 Å². The Balaban J connectivity index is 1.90. The number of rotatable bonds is 5. The maximum absolute atomic E-state index is 15.0. The summed E-state index contributed by atoms with van der Waals surface area (Å²) < 4.78 is 38.7. The van der Waals surface area contributed by atoms with E-state index in [9.17, 15) is 17.6 Å². The Hall–Kier alpha value is -1.18. The van der Waals surface area contributed by atoms with Gasteiger partial charge in [-0.15, -0.1) is 0 Å². The molecule has 8 heteroatoms. The van der Waals surface area contributed by atoms with Gasteiger partial charge >= 0.3 is 0 Å². The van der Waals surface area contributed by atoms with Crippen LogP contribution in [0.1, 0.15) is 18.4 Å². The third-order valence-electron chi connectivity index (χ3n) is 4.37. The minimum absolute atomic E-state index is 0.213.